The van der Waals surface area contributed by atoms with Crippen LogP contribution in [-0.4, -0.2) is 68.8 Å². The molecule has 2 fully saturated rings. The lowest BCUT2D eigenvalue weighted by Crippen LogP contribution is -2.42. The topological polar surface area (TPSA) is 27.7 Å². The van der Waals surface area contributed by atoms with Crippen LogP contribution >= 0.6 is 0 Å². The molecule has 0 bridgehead atoms. The van der Waals surface area contributed by atoms with Crippen LogP contribution < -0.4 is 5.32 Å². The Morgan fingerprint density at radius 2 is 1.76 bits per heavy atom. The number of hydrogen-bond donors (Lipinski definition) is 1. The lowest BCUT2D eigenvalue weighted by Gasteiger charge is -2.30. The average molecular weight is 289 g/mol. The Hall–Kier alpha value is -0.940. The Balaban J connectivity index is 1.52. The van der Waals surface area contributed by atoms with Crippen molar-refractivity contribution in [1.82, 2.24) is 15.1 Å². The smallest absolute Gasteiger partial charge is 0.0594 e. The van der Waals surface area contributed by atoms with Crippen molar-refractivity contribution in [2.45, 2.75) is 12.5 Å². The molecule has 21 heavy (non-hydrogen) atoms. The molecule has 2 aliphatic rings. The molecule has 0 radical (unpaired) electrons. The minimum atomic E-state index is 0.471. The Morgan fingerprint density at radius 3 is 2.57 bits per heavy atom. The third-order valence-corrected chi connectivity index (χ3v) is 4.52. The zero-order valence-electron chi connectivity index (χ0n) is 12.8. The molecule has 0 aliphatic carbocycles. The van der Waals surface area contributed by atoms with Crippen LogP contribution in [0.15, 0.2) is 30.3 Å². The van der Waals surface area contributed by atoms with Crippen LogP contribution in [0.2, 0.25) is 0 Å². The van der Waals surface area contributed by atoms with Gasteiger partial charge in [0, 0.05) is 38.8 Å². The van der Waals surface area contributed by atoms with E-state index in [0.29, 0.717) is 6.04 Å². The van der Waals surface area contributed by atoms with Crippen LogP contribution in [-0.2, 0) is 4.74 Å². The van der Waals surface area contributed by atoms with E-state index in [1.54, 1.807) is 0 Å². The molecule has 1 N–H and O–H groups in total. The average Bonchev–Trinajstić information content (AvgIpc) is 2.80. The van der Waals surface area contributed by atoms with Crippen molar-refractivity contribution in [3.8, 4) is 0 Å². The molecule has 1 aromatic rings. The fraction of sp³-hybridized carbons (Fsp3) is 0.647. The second-order valence-corrected chi connectivity index (χ2v) is 6.03. The number of rotatable bonds is 4. The molecule has 2 saturated heterocycles. The van der Waals surface area contributed by atoms with Gasteiger partial charge in [-0.1, -0.05) is 30.3 Å². The maximum Gasteiger partial charge on any atom is 0.0594 e. The van der Waals surface area contributed by atoms with Crippen molar-refractivity contribution in [3.63, 3.8) is 0 Å². The van der Waals surface area contributed by atoms with Crippen LogP contribution in [0, 0.1) is 0 Å². The first kappa shape index (κ1) is 15.0. The summed E-state index contributed by atoms with van der Waals surface area (Å²) < 4.78 is 5.42. The van der Waals surface area contributed by atoms with E-state index in [1.807, 2.05) is 0 Å². The first-order valence-corrected chi connectivity index (χ1v) is 8.22. The van der Waals surface area contributed by atoms with Gasteiger partial charge in [0.15, 0.2) is 0 Å². The van der Waals surface area contributed by atoms with E-state index in [1.165, 1.54) is 31.6 Å². The number of nitrogens with one attached hydrogen (secondary N) is 1. The molecule has 0 aromatic heterocycles. The van der Waals surface area contributed by atoms with Crippen molar-refractivity contribution in [3.05, 3.63) is 35.9 Å². The summed E-state index contributed by atoms with van der Waals surface area (Å²) in [6.45, 7) is 9.77. The van der Waals surface area contributed by atoms with E-state index in [0.717, 1.165) is 39.4 Å². The predicted octanol–water partition coefficient (Wildman–Crippen LogP) is 1.36. The second-order valence-electron chi connectivity index (χ2n) is 6.03. The summed E-state index contributed by atoms with van der Waals surface area (Å²) in [5.74, 6) is 0. The van der Waals surface area contributed by atoms with Gasteiger partial charge in [0.1, 0.15) is 0 Å². The molecular formula is C17H27N3O. The van der Waals surface area contributed by atoms with Gasteiger partial charge in [0.2, 0.25) is 0 Å². The maximum absolute atomic E-state index is 5.42. The highest BCUT2D eigenvalue weighted by Gasteiger charge is 2.19. The summed E-state index contributed by atoms with van der Waals surface area (Å²) in [6.07, 6.45) is 1.24. The first-order chi connectivity index (χ1) is 10.4. The normalized spacial score (nSPS) is 25.6. The van der Waals surface area contributed by atoms with Crippen LogP contribution in [0.25, 0.3) is 0 Å². The fourth-order valence-corrected chi connectivity index (χ4v) is 3.21. The zero-order valence-corrected chi connectivity index (χ0v) is 12.8. The molecule has 1 atom stereocenters. The monoisotopic (exact) mass is 289 g/mol. The summed E-state index contributed by atoms with van der Waals surface area (Å²) in [4.78, 5) is 5.15. The standard InChI is InChI=1S/C17H27N3O/c1-2-5-16(6-3-1)17-15-20(8-4-7-18-17)10-9-19-11-13-21-14-12-19/h1-3,5-6,17-18H,4,7-15H2. The SMILES string of the molecule is c1ccc(C2CN(CCN3CCOCC3)CCCN2)cc1. The van der Waals surface area contributed by atoms with Crippen molar-refractivity contribution >= 4 is 0 Å². The number of nitrogens with zero attached hydrogens (tertiary/aromatic N) is 2. The van der Waals surface area contributed by atoms with E-state index in [9.17, 15) is 0 Å². The molecular weight excluding hydrogens is 262 g/mol. The summed E-state index contributed by atoms with van der Waals surface area (Å²) in [5.41, 5.74) is 1.41. The molecule has 2 aliphatic heterocycles. The summed E-state index contributed by atoms with van der Waals surface area (Å²) in [5, 5.41) is 3.69. The Kier molecular flexibility index (Phi) is 5.63. The molecule has 116 valence electrons. The fourth-order valence-electron chi connectivity index (χ4n) is 3.21. The highest BCUT2D eigenvalue weighted by atomic mass is 16.5. The van der Waals surface area contributed by atoms with Crippen LogP contribution in [0.1, 0.15) is 18.0 Å². The van der Waals surface area contributed by atoms with Crippen LogP contribution in [0.4, 0.5) is 0 Å². The molecule has 4 nitrogen and oxygen atoms in total. The van der Waals surface area contributed by atoms with Gasteiger partial charge in [0.05, 0.1) is 13.2 Å². The Morgan fingerprint density at radius 1 is 1.00 bits per heavy atom. The number of morpholine rings is 1. The Bertz CT molecular complexity index is 406. The van der Waals surface area contributed by atoms with E-state index in [-0.39, 0.29) is 0 Å². The first-order valence-electron chi connectivity index (χ1n) is 8.22. The van der Waals surface area contributed by atoms with Crippen molar-refractivity contribution in [2.75, 3.05) is 59.0 Å². The third-order valence-electron chi connectivity index (χ3n) is 4.52. The summed E-state index contributed by atoms with van der Waals surface area (Å²) in [6, 6.07) is 11.3. The number of hydrogen-bond acceptors (Lipinski definition) is 4. The highest BCUT2D eigenvalue weighted by molar-refractivity contribution is 5.19. The molecule has 4 heteroatoms. The third kappa shape index (κ3) is 4.51. The maximum atomic E-state index is 5.42. The number of benzene rings is 1. The van der Waals surface area contributed by atoms with E-state index in [4.69, 9.17) is 4.74 Å². The van der Waals surface area contributed by atoms with Gasteiger partial charge in [-0.3, -0.25) is 4.90 Å². The minimum absolute atomic E-state index is 0.471. The van der Waals surface area contributed by atoms with Gasteiger partial charge in [-0.05, 0) is 25.1 Å². The molecule has 3 rings (SSSR count). The minimum Gasteiger partial charge on any atom is -0.379 e. The van der Waals surface area contributed by atoms with Gasteiger partial charge in [-0.2, -0.15) is 0 Å². The molecule has 0 amide bonds. The largest absolute Gasteiger partial charge is 0.379 e. The van der Waals surface area contributed by atoms with Gasteiger partial charge in [-0.15, -0.1) is 0 Å². The molecule has 2 heterocycles. The molecule has 0 saturated carbocycles. The second kappa shape index (κ2) is 7.90. The molecule has 1 aromatic carbocycles. The van der Waals surface area contributed by atoms with Gasteiger partial charge in [0.25, 0.3) is 0 Å². The molecule has 1 unspecified atom stereocenters. The lowest BCUT2D eigenvalue weighted by atomic mass is 10.1. The predicted molar refractivity (Wildman–Crippen MR) is 85.5 cm³/mol. The summed E-state index contributed by atoms with van der Waals surface area (Å²) in [7, 11) is 0. The lowest BCUT2D eigenvalue weighted by molar-refractivity contribution is 0.0333. The highest BCUT2D eigenvalue weighted by Crippen LogP contribution is 2.16. The van der Waals surface area contributed by atoms with Gasteiger partial charge < -0.3 is 15.0 Å². The summed E-state index contributed by atoms with van der Waals surface area (Å²) >= 11 is 0. The van der Waals surface area contributed by atoms with Crippen molar-refractivity contribution in [2.24, 2.45) is 0 Å². The van der Waals surface area contributed by atoms with E-state index in [2.05, 4.69) is 45.4 Å². The van der Waals surface area contributed by atoms with Crippen LogP contribution in [0.5, 0.6) is 0 Å². The van der Waals surface area contributed by atoms with Crippen molar-refractivity contribution < 1.29 is 4.74 Å². The van der Waals surface area contributed by atoms with Gasteiger partial charge >= 0.3 is 0 Å². The van der Waals surface area contributed by atoms with E-state index < -0.39 is 0 Å². The quantitative estimate of drug-likeness (QED) is 0.906. The zero-order chi connectivity index (χ0) is 14.3. The van der Waals surface area contributed by atoms with E-state index >= 15 is 0 Å². The number of ether oxygens (including phenoxy) is 1. The molecule has 0 spiro atoms. The van der Waals surface area contributed by atoms with Crippen LogP contribution in [0.3, 0.4) is 0 Å². The Labute approximate surface area is 128 Å². The van der Waals surface area contributed by atoms with Gasteiger partial charge in [-0.25, -0.2) is 0 Å². The van der Waals surface area contributed by atoms with Crippen molar-refractivity contribution in [1.29, 1.82) is 0 Å².